The summed E-state index contributed by atoms with van der Waals surface area (Å²) in [6.45, 7) is 2.78. The van der Waals surface area contributed by atoms with Crippen LogP contribution in [0.1, 0.15) is 35.1 Å². The van der Waals surface area contributed by atoms with Crippen LogP contribution in [-0.4, -0.2) is 49.6 Å². The highest BCUT2D eigenvalue weighted by Gasteiger charge is 2.33. The van der Waals surface area contributed by atoms with Crippen LogP contribution < -0.4 is 15.4 Å². The molecule has 1 aromatic carbocycles. The van der Waals surface area contributed by atoms with Gasteiger partial charge in [-0.1, -0.05) is 18.2 Å². The van der Waals surface area contributed by atoms with E-state index in [0.29, 0.717) is 17.5 Å². The first-order valence-corrected chi connectivity index (χ1v) is 10.6. The average Bonchev–Trinajstić information content (AvgIpc) is 3.43. The molecule has 1 unspecified atom stereocenters. The fraction of sp³-hybridized carbons (Fsp3) is 0.500. The molecule has 1 aliphatic heterocycles. The molecule has 0 amide bonds. The average molecular weight is 442 g/mol. The molecule has 6 nitrogen and oxygen atoms in total. The van der Waals surface area contributed by atoms with Crippen LogP contribution in [0.3, 0.4) is 0 Å². The van der Waals surface area contributed by atoms with E-state index in [1.807, 2.05) is 18.2 Å². The van der Waals surface area contributed by atoms with E-state index >= 15 is 0 Å². The Morgan fingerprint density at radius 1 is 1.27 bits per heavy atom. The van der Waals surface area contributed by atoms with Crippen molar-refractivity contribution in [3.63, 3.8) is 0 Å². The molecule has 0 saturated carbocycles. The number of benzene rings is 1. The van der Waals surface area contributed by atoms with Crippen molar-refractivity contribution >= 4 is 17.3 Å². The number of aliphatic imine (C=N–C) groups is 1. The standard InChI is InChI=1S/C20H26F3N5OS/c1-24-19(26-12-18-27-17(13-30-18)20(21,22)23)25-11-15(28-9-5-6-10-28)14-7-3-4-8-16(14)29-2/h3-4,7-8,13,15H,5-6,9-12H2,1-2H3,(H2,24,25,26). The SMILES string of the molecule is CN=C(NCc1nc(C(F)(F)F)cs1)NCC(c1ccccc1OC)N1CCCC1. The monoisotopic (exact) mass is 441 g/mol. The first-order chi connectivity index (χ1) is 14.4. The maximum absolute atomic E-state index is 12.7. The molecular formula is C20H26F3N5OS. The van der Waals surface area contributed by atoms with Gasteiger partial charge in [-0.3, -0.25) is 9.89 Å². The van der Waals surface area contributed by atoms with Gasteiger partial charge in [0.25, 0.3) is 0 Å². The third-order valence-electron chi connectivity index (χ3n) is 5.02. The Morgan fingerprint density at radius 3 is 2.63 bits per heavy atom. The van der Waals surface area contributed by atoms with Crippen LogP contribution in [0.25, 0.3) is 0 Å². The molecule has 0 bridgehead atoms. The van der Waals surface area contributed by atoms with E-state index in [0.717, 1.165) is 54.0 Å². The first-order valence-electron chi connectivity index (χ1n) is 9.75. The summed E-state index contributed by atoms with van der Waals surface area (Å²) in [5, 5.41) is 7.72. The maximum Gasteiger partial charge on any atom is 0.434 e. The van der Waals surface area contributed by atoms with Gasteiger partial charge in [-0.15, -0.1) is 11.3 Å². The summed E-state index contributed by atoms with van der Waals surface area (Å²) in [5.74, 6) is 1.35. The molecule has 1 saturated heterocycles. The number of nitrogens with zero attached hydrogens (tertiary/aromatic N) is 3. The normalized spacial score (nSPS) is 16.5. The Kier molecular flexibility index (Phi) is 7.54. The van der Waals surface area contributed by atoms with Gasteiger partial charge >= 0.3 is 6.18 Å². The number of likely N-dealkylation sites (tertiary alicyclic amines) is 1. The molecule has 1 fully saturated rings. The minimum atomic E-state index is -4.42. The quantitative estimate of drug-likeness (QED) is 0.507. The number of para-hydroxylation sites is 1. The van der Waals surface area contributed by atoms with Crippen molar-refractivity contribution in [2.24, 2.45) is 4.99 Å². The van der Waals surface area contributed by atoms with Crippen molar-refractivity contribution < 1.29 is 17.9 Å². The number of ether oxygens (including phenoxy) is 1. The number of guanidine groups is 1. The minimum absolute atomic E-state index is 0.0962. The zero-order valence-electron chi connectivity index (χ0n) is 17.0. The van der Waals surface area contributed by atoms with E-state index < -0.39 is 11.9 Å². The van der Waals surface area contributed by atoms with Gasteiger partial charge in [0.15, 0.2) is 11.7 Å². The summed E-state index contributed by atoms with van der Waals surface area (Å²) >= 11 is 0.974. The van der Waals surface area contributed by atoms with E-state index in [2.05, 4.69) is 31.6 Å². The summed E-state index contributed by atoms with van der Waals surface area (Å²) in [4.78, 5) is 10.2. The Bertz CT molecular complexity index is 849. The van der Waals surface area contributed by atoms with Gasteiger partial charge in [0, 0.05) is 24.5 Å². The second kappa shape index (κ2) is 10.1. The van der Waals surface area contributed by atoms with Crippen molar-refractivity contribution in [3.8, 4) is 5.75 Å². The number of methoxy groups -OCH3 is 1. The fourth-order valence-electron chi connectivity index (χ4n) is 3.53. The molecular weight excluding hydrogens is 415 g/mol. The number of halogens is 3. The number of nitrogens with one attached hydrogen (secondary N) is 2. The van der Waals surface area contributed by atoms with Crippen LogP contribution in [0, 0.1) is 0 Å². The van der Waals surface area contributed by atoms with Gasteiger partial charge in [-0.2, -0.15) is 13.2 Å². The minimum Gasteiger partial charge on any atom is -0.496 e. The number of alkyl halides is 3. The molecule has 0 aliphatic carbocycles. The Balaban J connectivity index is 1.64. The summed E-state index contributed by atoms with van der Waals surface area (Å²) in [6.07, 6.45) is -2.11. The summed E-state index contributed by atoms with van der Waals surface area (Å²) < 4.78 is 43.7. The zero-order chi connectivity index (χ0) is 21.6. The number of hydrogen-bond donors (Lipinski definition) is 2. The molecule has 3 rings (SSSR count). The molecule has 2 aromatic rings. The number of aromatic nitrogens is 1. The van der Waals surface area contributed by atoms with E-state index in [1.165, 1.54) is 0 Å². The van der Waals surface area contributed by atoms with Crippen LogP contribution >= 0.6 is 11.3 Å². The predicted octanol–water partition coefficient (Wildman–Crippen LogP) is 3.67. The highest BCUT2D eigenvalue weighted by atomic mass is 32.1. The second-order valence-corrected chi connectivity index (χ2v) is 7.87. The summed E-state index contributed by atoms with van der Waals surface area (Å²) in [5.41, 5.74) is 0.233. The summed E-state index contributed by atoms with van der Waals surface area (Å²) in [7, 11) is 3.29. The van der Waals surface area contributed by atoms with E-state index in [9.17, 15) is 13.2 Å². The highest BCUT2D eigenvalue weighted by molar-refractivity contribution is 7.09. The zero-order valence-corrected chi connectivity index (χ0v) is 17.8. The number of rotatable bonds is 7. The molecule has 2 N–H and O–H groups in total. The molecule has 1 aliphatic rings. The van der Waals surface area contributed by atoms with Crippen LogP contribution in [0.2, 0.25) is 0 Å². The molecule has 0 spiro atoms. The lowest BCUT2D eigenvalue weighted by Gasteiger charge is -2.30. The van der Waals surface area contributed by atoms with E-state index in [-0.39, 0.29) is 12.6 Å². The van der Waals surface area contributed by atoms with Crippen molar-refractivity contribution in [1.82, 2.24) is 20.5 Å². The van der Waals surface area contributed by atoms with Gasteiger partial charge in [-0.25, -0.2) is 4.98 Å². The molecule has 164 valence electrons. The first kappa shape index (κ1) is 22.4. The lowest BCUT2D eigenvalue weighted by Crippen LogP contribution is -2.42. The molecule has 0 radical (unpaired) electrons. The largest absolute Gasteiger partial charge is 0.496 e. The van der Waals surface area contributed by atoms with Gasteiger partial charge in [-0.05, 0) is 32.0 Å². The Morgan fingerprint density at radius 2 is 2.00 bits per heavy atom. The van der Waals surface area contributed by atoms with Gasteiger partial charge in [0.1, 0.15) is 10.8 Å². The van der Waals surface area contributed by atoms with Crippen LogP contribution in [-0.2, 0) is 12.7 Å². The Labute approximate surface area is 178 Å². The van der Waals surface area contributed by atoms with Crippen LogP contribution in [0.5, 0.6) is 5.75 Å². The number of hydrogen-bond acceptors (Lipinski definition) is 5. The second-order valence-electron chi connectivity index (χ2n) is 6.93. The van der Waals surface area contributed by atoms with Crippen LogP contribution in [0.4, 0.5) is 13.2 Å². The fourth-order valence-corrected chi connectivity index (χ4v) is 4.27. The molecule has 2 heterocycles. The molecule has 10 heteroatoms. The lowest BCUT2D eigenvalue weighted by atomic mass is 10.0. The Hall–Kier alpha value is -2.33. The third kappa shape index (κ3) is 5.63. The highest BCUT2D eigenvalue weighted by Crippen LogP contribution is 2.31. The predicted molar refractivity (Wildman–Crippen MR) is 112 cm³/mol. The van der Waals surface area contributed by atoms with Gasteiger partial charge in [0.05, 0.1) is 19.7 Å². The van der Waals surface area contributed by atoms with Crippen molar-refractivity contribution in [2.45, 2.75) is 31.6 Å². The molecule has 1 aromatic heterocycles. The topological polar surface area (TPSA) is 61.8 Å². The molecule has 1 atom stereocenters. The van der Waals surface area contributed by atoms with Crippen molar-refractivity contribution in [3.05, 3.63) is 45.9 Å². The third-order valence-corrected chi connectivity index (χ3v) is 5.86. The maximum atomic E-state index is 12.7. The van der Waals surface area contributed by atoms with Crippen molar-refractivity contribution in [2.75, 3.05) is 33.8 Å². The van der Waals surface area contributed by atoms with E-state index in [1.54, 1.807) is 14.2 Å². The lowest BCUT2D eigenvalue weighted by molar-refractivity contribution is -0.140. The number of thiazole rings is 1. The van der Waals surface area contributed by atoms with Crippen molar-refractivity contribution in [1.29, 1.82) is 0 Å². The van der Waals surface area contributed by atoms with E-state index in [4.69, 9.17) is 4.74 Å². The summed E-state index contributed by atoms with van der Waals surface area (Å²) in [6, 6.07) is 8.05. The van der Waals surface area contributed by atoms with Gasteiger partial charge in [0.2, 0.25) is 0 Å². The molecule has 30 heavy (non-hydrogen) atoms. The van der Waals surface area contributed by atoms with Crippen LogP contribution in [0.15, 0.2) is 34.6 Å². The van der Waals surface area contributed by atoms with Gasteiger partial charge < -0.3 is 15.4 Å². The smallest absolute Gasteiger partial charge is 0.434 e.